The van der Waals surface area contributed by atoms with Gasteiger partial charge in [-0.15, -0.1) is 0 Å². The SMILES string of the molecule is O=C(NC1CC1)c1cnccc1Nc1cc(-c2cc(Cl)ccc2F)ncc1C1CC1. The van der Waals surface area contributed by atoms with Gasteiger partial charge in [0.15, 0.2) is 0 Å². The van der Waals surface area contributed by atoms with E-state index in [9.17, 15) is 9.18 Å². The van der Waals surface area contributed by atoms with Crippen LogP contribution in [0.15, 0.2) is 48.9 Å². The van der Waals surface area contributed by atoms with Crippen molar-refractivity contribution in [3.05, 3.63) is 70.9 Å². The number of pyridine rings is 2. The summed E-state index contributed by atoms with van der Waals surface area (Å²) in [6.07, 6.45) is 9.21. The van der Waals surface area contributed by atoms with E-state index in [1.165, 1.54) is 12.1 Å². The van der Waals surface area contributed by atoms with Crippen LogP contribution in [0.25, 0.3) is 11.3 Å². The molecule has 1 aromatic carbocycles. The van der Waals surface area contributed by atoms with E-state index in [1.54, 1.807) is 30.7 Å². The van der Waals surface area contributed by atoms with Crippen molar-refractivity contribution >= 4 is 28.9 Å². The summed E-state index contributed by atoms with van der Waals surface area (Å²) in [5.74, 6) is -0.106. The predicted molar refractivity (Wildman–Crippen MR) is 115 cm³/mol. The maximum Gasteiger partial charge on any atom is 0.255 e. The van der Waals surface area contributed by atoms with Crippen molar-refractivity contribution in [2.45, 2.75) is 37.6 Å². The Kier molecular flexibility index (Phi) is 4.87. The second-order valence-corrected chi connectivity index (χ2v) is 8.29. The van der Waals surface area contributed by atoms with Crippen LogP contribution in [-0.4, -0.2) is 21.9 Å². The summed E-state index contributed by atoms with van der Waals surface area (Å²) in [6.45, 7) is 0. The highest BCUT2D eigenvalue weighted by Gasteiger charge is 2.28. The lowest BCUT2D eigenvalue weighted by molar-refractivity contribution is 0.0951. The molecule has 2 N–H and O–H groups in total. The highest BCUT2D eigenvalue weighted by molar-refractivity contribution is 6.30. The van der Waals surface area contributed by atoms with Crippen LogP contribution in [0.4, 0.5) is 15.8 Å². The van der Waals surface area contributed by atoms with Gasteiger partial charge < -0.3 is 10.6 Å². The smallest absolute Gasteiger partial charge is 0.255 e. The summed E-state index contributed by atoms with van der Waals surface area (Å²) < 4.78 is 14.4. The van der Waals surface area contributed by atoms with Gasteiger partial charge in [-0.2, -0.15) is 0 Å². The molecule has 0 bridgehead atoms. The van der Waals surface area contributed by atoms with E-state index in [4.69, 9.17) is 11.6 Å². The third-order valence-corrected chi connectivity index (χ3v) is 5.64. The quantitative estimate of drug-likeness (QED) is 0.554. The zero-order valence-electron chi connectivity index (χ0n) is 16.2. The molecule has 1 amide bonds. The summed E-state index contributed by atoms with van der Waals surface area (Å²) in [4.78, 5) is 21.2. The predicted octanol–water partition coefficient (Wildman–Crippen LogP) is 5.45. The zero-order valence-corrected chi connectivity index (χ0v) is 16.9. The molecule has 0 unspecified atom stereocenters. The number of benzene rings is 1. The van der Waals surface area contributed by atoms with Crippen LogP contribution >= 0.6 is 11.6 Å². The molecule has 0 atom stereocenters. The molecule has 0 spiro atoms. The Balaban J connectivity index is 1.52. The number of nitrogens with one attached hydrogen (secondary N) is 2. The van der Waals surface area contributed by atoms with E-state index in [0.717, 1.165) is 36.9 Å². The molecular formula is C23H20ClFN4O. The molecular weight excluding hydrogens is 403 g/mol. The Hall–Kier alpha value is -2.99. The summed E-state index contributed by atoms with van der Waals surface area (Å²) in [5.41, 5.74) is 3.85. The topological polar surface area (TPSA) is 66.9 Å². The third-order valence-electron chi connectivity index (χ3n) is 5.40. The average molecular weight is 423 g/mol. The van der Waals surface area contributed by atoms with Crippen LogP contribution in [0.5, 0.6) is 0 Å². The molecule has 0 aliphatic heterocycles. The van der Waals surface area contributed by atoms with Gasteiger partial charge in [-0.1, -0.05) is 11.6 Å². The first-order chi connectivity index (χ1) is 14.6. The Labute approximate surface area is 178 Å². The molecule has 2 aliphatic rings. The second-order valence-electron chi connectivity index (χ2n) is 7.85. The van der Waals surface area contributed by atoms with Crippen molar-refractivity contribution in [3.8, 4) is 11.3 Å². The number of aromatic nitrogens is 2. The molecule has 2 aromatic heterocycles. The maximum absolute atomic E-state index is 14.4. The fraction of sp³-hybridized carbons (Fsp3) is 0.261. The molecule has 7 heteroatoms. The molecule has 2 fully saturated rings. The molecule has 30 heavy (non-hydrogen) atoms. The van der Waals surface area contributed by atoms with Crippen molar-refractivity contribution in [1.29, 1.82) is 0 Å². The minimum Gasteiger partial charge on any atom is -0.354 e. The van der Waals surface area contributed by atoms with Crippen molar-refractivity contribution in [3.63, 3.8) is 0 Å². The lowest BCUT2D eigenvalue weighted by atomic mass is 10.1. The molecule has 2 heterocycles. The molecule has 3 aromatic rings. The standard InChI is InChI=1S/C23H20ClFN4O/c24-14-3-6-19(25)16(9-14)21-10-22(17(12-27-21)13-1-2-13)29-20-7-8-26-11-18(20)23(30)28-15-4-5-15/h3,6-13,15H,1-2,4-5H2,(H,28,30)(H,26,27,29). The highest BCUT2D eigenvalue weighted by Crippen LogP contribution is 2.45. The molecule has 2 aliphatic carbocycles. The highest BCUT2D eigenvalue weighted by atomic mass is 35.5. The van der Waals surface area contributed by atoms with E-state index in [1.807, 2.05) is 6.07 Å². The molecule has 152 valence electrons. The molecule has 5 rings (SSSR count). The number of carbonyl (C=O) groups is 1. The summed E-state index contributed by atoms with van der Waals surface area (Å²) in [6, 6.07) is 8.28. The average Bonchev–Trinajstić information content (AvgIpc) is 3.65. The van der Waals surface area contributed by atoms with Crippen molar-refractivity contribution in [1.82, 2.24) is 15.3 Å². The second kappa shape index (κ2) is 7.69. The van der Waals surface area contributed by atoms with E-state index in [-0.39, 0.29) is 17.8 Å². The number of rotatable bonds is 6. The number of amides is 1. The van der Waals surface area contributed by atoms with Crippen molar-refractivity contribution in [2.75, 3.05) is 5.32 Å². The molecule has 2 saturated carbocycles. The Morgan fingerprint density at radius 2 is 1.90 bits per heavy atom. The summed E-state index contributed by atoms with van der Waals surface area (Å²) in [5, 5.41) is 6.83. The van der Waals surface area contributed by atoms with Gasteiger partial charge in [0.2, 0.25) is 0 Å². The van der Waals surface area contributed by atoms with Gasteiger partial charge in [0.05, 0.1) is 16.9 Å². The third kappa shape index (κ3) is 4.00. The van der Waals surface area contributed by atoms with Gasteiger partial charge in [0.1, 0.15) is 5.82 Å². The van der Waals surface area contributed by atoms with Gasteiger partial charge in [0, 0.05) is 40.9 Å². The van der Waals surface area contributed by atoms with Gasteiger partial charge in [-0.25, -0.2) is 4.39 Å². The number of halogens is 2. The lowest BCUT2D eigenvalue weighted by Crippen LogP contribution is -2.26. The van der Waals surface area contributed by atoms with Gasteiger partial charge in [-0.05, 0) is 67.5 Å². The van der Waals surface area contributed by atoms with Crippen LogP contribution in [0.1, 0.15) is 47.5 Å². The van der Waals surface area contributed by atoms with Crippen molar-refractivity contribution < 1.29 is 9.18 Å². The Morgan fingerprint density at radius 3 is 2.67 bits per heavy atom. The van der Waals surface area contributed by atoms with Gasteiger partial charge >= 0.3 is 0 Å². The van der Waals surface area contributed by atoms with Crippen LogP contribution in [0.2, 0.25) is 5.02 Å². The number of anilines is 2. The van der Waals surface area contributed by atoms with Crippen LogP contribution < -0.4 is 10.6 Å². The number of hydrogen-bond acceptors (Lipinski definition) is 4. The summed E-state index contributed by atoms with van der Waals surface area (Å²) in [7, 11) is 0. The normalized spacial score (nSPS) is 15.7. The van der Waals surface area contributed by atoms with E-state index >= 15 is 0 Å². The number of hydrogen-bond donors (Lipinski definition) is 2. The van der Waals surface area contributed by atoms with E-state index in [0.29, 0.717) is 33.4 Å². The first-order valence-electron chi connectivity index (χ1n) is 10.1. The maximum atomic E-state index is 14.4. The van der Waals surface area contributed by atoms with Gasteiger partial charge in [0.25, 0.3) is 5.91 Å². The number of nitrogens with zero attached hydrogens (tertiary/aromatic N) is 2. The molecule has 0 saturated heterocycles. The first-order valence-corrected chi connectivity index (χ1v) is 10.4. The monoisotopic (exact) mass is 422 g/mol. The van der Waals surface area contributed by atoms with Crippen LogP contribution in [-0.2, 0) is 0 Å². The molecule has 5 nitrogen and oxygen atoms in total. The summed E-state index contributed by atoms with van der Waals surface area (Å²) >= 11 is 6.07. The van der Waals surface area contributed by atoms with Crippen molar-refractivity contribution in [2.24, 2.45) is 0 Å². The Morgan fingerprint density at radius 1 is 1.07 bits per heavy atom. The minimum absolute atomic E-state index is 0.142. The fourth-order valence-electron chi connectivity index (χ4n) is 3.46. The Bertz CT molecular complexity index is 1130. The van der Waals surface area contributed by atoms with Gasteiger partial charge in [-0.3, -0.25) is 14.8 Å². The number of carbonyl (C=O) groups excluding carboxylic acids is 1. The van der Waals surface area contributed by atoms with Crippen LogP contribution in [0, 0.1) is 5.82 Å². The lowest BCUT2D eigenvalue weighted by Gasteiger charge is -2.16. The fourth-order valence-corrected chi connectivity index (χ4v) is 3.63. The first kappa shape index (κ1) is 19.0. The van der Waals surface area contributed by atoms with E-state index in [2.05, 4.69) is 20.6 Å². The van der Waals surface area contributed by atoms with E-state index < -0.39 is 0 Å². The molecule has 0 radical (unpaired) electrons. The minimum atomic E-state index is -0.384. The zero-order chi connectivity index (χ0) is 20.7. The van der Waals surface area contributed by atoms with Crippen LogP contribution in [0.3, 0.4) is 0 Å². The largest absolute Gasteiger partial charge is 0.354 e.